The molecule has 1 heterocycles. The van der Waals surface area contributed by atoms with E-state index in [1.54, 1.807) is 0 Å². The molecule has 0 bridgehead atoms. The van der Waals surface area contributed by atoms with E-state index in [-0.39, 0.29) is 51.4 Å². The first-order chi connectivity index (χ1) is 5.46. The molecule has 5 nitrogen and oxygen atoms in total. The van der Waals surface area contributed by atoms with Crippen molar-refractivity contribution in [1.29, 1.82) is 0 Å². The molecule has 67 valence electrons. The number of amides is 4. The molecule has 1 fully saturated rings. The van der Waals surface area contributed by atoms with E-state index >= 15 is 0 Å². The van der Waals surface area contributed by atoms with Crippen molar-refractivity contribution < 1.29 is 14.4 Å². The zero-order chi connectivity index (χ0) is 9.46. The second kappa shape index (κ2) is 4.65. The van der Waals surface area contributed by atoms with Gasteiger partial charge in [0.25, 0.3) is 0 Å². The van der Waals surface area contributed by atoms with Gasteiger partial charge in [0.05, 0.1) is 0 Å². The maximum absolute atomic E-state index is 11.1. The van der Waals surface area contributed by atoms with E-state index in [1.807, 2.05) is 0 Å². The number of carbonyl (C=O) groups is 3. The first kappa shape index (κ1) is 13.2. The smallest absolute Gasteiger partial charge is 0.273 e. The Kier molecular flexibility index (Phi) is 4.74. The van der Waals surface area contributed by atoms with Gasteiger partial charge in [0.15, 0.2) is 0 Å². The van der Waals surface area contributed by atoms with Crippen LogP contribution in [0.25, 0.3) is 0 Å². The molecule has 0 aromatic heterocycles. The predicted octanol–water partition coefficient (Wildman–Crippen LogP) is -0.708. The first-order valence-corrected chi connectivity index (χ1v) is 3.56. The van der Waals surface area contributed by atoms with Gasteiger partial charge in [-0.3, -0.25) is 19.4 Å². The van der Waals surface area contributed by atoms with Crippen LogP contribution in [0.3, 0.4) is 0 Å². The third-order valence-electron chi connectivity index (χ3n) is 1.98. The third kappa shape index (κ3) is 2.19. The molecule has 0 unspecified atom stereocenters. The molecule has 0 N–H and O–H groups in total. The minimum atomic E-state index is -0.738. The summed E-state index contributed by atoms with van der Waals surface area (Å²) < 4.78 is 0. The van der Waals surface area contributed by atoms with Crippen LogP contribution in [0.4, 0.5) is 4.79 Å². The molecule has 0 aromatic rings. The summed E-state index contributed by atoms with van der Waals surface area (Å²) in [7, 11) is 2.73. The minimum absolute atomic E-state index is 0. The van der Waals surface area contributed by atoms with Crippen LogP contribution in [0.1, 0.15) is 6.92 Å². The molecule has 1 rings (SSSR count). The number of rotatable bonds is 0. The molecule has 13 heavy (non-hydrogen) atoms. The molecule has 0 spiro atoms. The SMILES string of the molecule is CC1C(=O)N(C)C(=O)N(C)C1=O.[K]. The van der Waals surface area contributed by atoms with Crippen LogP contribution < -0.4 is 0 Å². The van der Waals surface area contributed by atoms with Gasteiger partial charge < -0.3 is 0 Å². The molecule has 4 amide bonds. The molecule has 0 saturated carbocycles. The summed E-state index contributed by atoms with van der Waals surface area (Å²) >= 11 is 0. The predicted molar refractivity (Wildman–Crippen MR) is 45.9 cm³/mol. The van der Waals surface area contributed by atoms with Crippen LogP contribution in [0, 0.1) is 5.92 Å². The van der Waals surface area contributed by atoms with Crippen LogP contribution in [0.5, 0.6) is 0 Å². The van der Waals surface area contributed by atoms with Crippen LogP contribution in [0.15, 0.2) is 0 Å². The molecule has 1 aliphatic heterocycles. The zero-order valence-electron chi connectivity index (χ0n) is 8.20. The molecule has 0 atom stereocenters. The van der Waals surface area contributed by atoms with Gasteiger partial charge in [-0.15, -0.1) is 0 Å². The van der Waals surface area contributed by atoms with Gasteiger partial charge in [0.1, 0.15) is 5.92 Å². The Labute approximate surface area is 119 Å². The van der Waals surface area contributed by atoms with Gasteiger partial charge in [-0.25, -0.2) is 4.79 Å². The van der Waals surface area contributed by atoms with E-state index in [9.17, 15) is 14.4 Å². The summed E-state index contributed by atoms with van der Waals surface area (Å²) in [6.45, 7) is 1.49. The number of barbiturate groups is 1. The minimum Gasteiger partial charge on any atom is -0.273 e. The summed E-state index contributed by atoms with van der Waals surface area (Å²) in [4.78, 5) is 35.3. The van der Waals surface area contributed by atoms with Crippen LogP contribution in [-0.2, 0) is 9.59 Å². The van der Waals surface area contributed by atoms with Gasteiger partial charge >= 0.3 is 6.03 Å². The molecule has 0 aromatic carbocycles. The maximum Gasteiger partial charge on any atom is 0.332 e. The number of hydrogen-bond donors (Lipinski definition) is 0. The fourth-order valence-electron chi connectivity index (χ4n) is 1.10. The molecule has 1 radical (unpaired) electrons. The van der Waals surface area contributed by atoms with E-state index in [4.69, 9.17) is 0 Å². The van der Waals surface area contributed by atoms with E-state index in [0.29, 0.717) is 0 Å². The quantitative estimate of drug-likeness (QED) is 0.391. The fraction of sp³-hybridized carbons (Fsp3) is 0.571. The van der Waals surface area contributed by atoms with Gasteiger partial charge in [-0.1, -0.05) is 0 Å². The Morgan fingerprint density at radius 2 is 1.31 bits per heavy atom. The number of nitrogens with zero attached hydrogens (tertiary/aromatic N) is 2. The van der Waals surface area contributed by atoms with E-state index in [1.165, 1.54) is 21.0 Å². The molecule has 6 heteroatoms. The monoisotopic (exact) mass is 209 g/mol. The largest absolute Gasteiger partial charge is 0.332 e. The van der Waals surface area contributed by atoms with Crippen molar-refractivity contribution in [2.24, 2.45) is 5.92 Å². The average molecular weight is 209 g/mol. The Morgan fingerprint density at radius 1 is 1.00 bits per heavy atom. The summed E-state index contributed by atoms with van der Waals surface area (Å²) in [5, 5.41) is 0. The van der Waals surface area contributed by atoms with E-state index in [0.717, 1.165) is 9.80 Å². The van der Waals surface area contributed by atoms with Crippen LogP contribution in [-0.4, -0.2) is 93.1 Å². The third-order valence-corrected chi connectivity index (χ3v) is 1.98. The molecular formula is C7H10KN2O3. The second-order valence-electron chi connectivity index (χ2n) is 2.80. The van der Waals surface area contributed by atoms with Crippen molar-refractivity contribution in [2.75, 3.05) is 14.1 Å². The number of urea groups is 1. The van der Waals surface area contributed by atoms with Gasteiger partial charge in [0.2, 0.25) is 11.8 Å². The van der Waals surface area contributed by atoms with Crippen molar-refractivity contribution in [3.63, 3.8) is 0 Å². The number of carbonyl (C=O) groups excluding carboxylic acids is 3. The Balaban J connectivity index is 0.00000144. The Hall–Kier alpha value is 0.246. The van der Waals surface area contributed by atoms with Gasteiger partial charge in [-0.2, -0.15) is 0 Å². The molecule has 1 saturated heterocycles. The number of imide groups is 2. The summed E-state index contributed by atoms with van der Waals surface area (Å²) in [6, 6.07) is -0.567. The fourth-order valence-corrected chi connectivity index (χ4v) is 1.10. The standard InChI is InChI=1S/C7H10N2O3.K/c1-4-5(10)8(2)7(12)9(3)6(4)11;/h4H,1-3H3;. The van der Waals surface area contributed by atoms with Crippen LogP contribution >= 0.6 is 0 Å². The van der Waals surface area contributed by atoms with E-state index < -0.39 is 23.8 Å². The maximum atomic E-state index is 11.1. The van der Waals surface area contributed by atoms with Crippen molar-refractivity contribution in [3.05, 3.63) is 0 Å². The van der Waals surface area contributed by atoms with Crippen molar-refractivity contribution in [1.82, 2.24) is 9.80 Å². The topological polar surface area (TPSA) is 57.7 Å². The average Bonchev–Trinajstić information content (AvgIpc) is 2.08. The van der Waals surface area contributed by atoms with Crippen molar-refractivity contribution in [3.8, 4) is 0 Å². The van der Waals surface area contributed by atoms with E-state index in [2.05, 4.69) is 0 Å². The molecule has 1 aliphatic rings. The second-order valence-corrected chi connectivity index (χ2v) is 2.80. The summed E-state index contributed by atoms with van der Waals surface area (Å²) in [5.74, 6) is -1.62. The first-order valence-electron chi connectivity index (χ1n) is 3.56. The molecular weight excluding hydrogens is 199 g/mol. The number of hydrogen-bond acceptors (Lipinski definition) is 3. The van der Waals surface area contributed by atoms with Crippen LogP contribution in [0.2, 0.25) is 0 Å². The van der Waals surface area contributed by atoms with Crippen molar-refractivity contribution >= 4 is 69.2 Å². The Morgan fingerprint density at radius 3 is 1.62 bits per heavy atom. The molecule has 0 aliphatic carbocycles. The van der Waals surface area contributed by atoms with Gasteiger partial charge in [0, 0.05) is 65.5 Å². The Bertz CT molecular complexity index is 206. The summed E-state index contributed by atoms with van der Waals surface area (Å²) in [5.41, 5.74) is 0. The van der Waals surface area contributed by atoms with Crippen molar-refractivity contribution in [2.45, 2.75) is 6.92 Å². The normalized spacial score (nSPS) is 19.2. The zero-order valence-corrected chi connectivity index (χ0v) is 11.3. The van der Waals surface area contributed by atoms with Gasteiger partial charge in [-0.05, 0) is 6.92 Å². The summed E-state index contributed by atoms with van der Waals surface area (Å²) in [6.07, 6.45) is 0.